The number of nitrogens with zero attached hydrogens (tertiary/aromatic N) is 2. The third-order valence-electron chi connectivity index (χ3n) is 8.38. The zero-order chi connectivity index (χ0) is 29.0. The fourth-order valence-corrected chi connectivity index (χ4v) is 6.48. The topological polar surface area (TPSA) is 81.8 Å². The lowest BCUT2D eigenvalue weighted by Crippen LogP contribution is -2.44. The lowest BCUT2D eigenvalue weighted by atomic mass is 9.74. The maximum atomic E-state index is 14.4. The van der Waals surface area contributed by atoms with Crippen LogP contribution in [0.5, 0.6) is 11.5 Å². The summed E-state index contributed by atoms with van der Waals surface area (Å²) in [5, 5.41) is 14.7. The van der Waals surface area contributed by atoms with Gasteiger partial charge in [-0.1, -0.05) is 36.4 Å². The van der Waals surface area contributed by atoms with Crippen LogP contribution in [0.2, 0.25) is 0 Å². The maximum absolute atomic E-state index is 14.4. The number of rotatable bonds is 6. The Hall–Kier alpha value is -5.04. The lowest BCUT2D eigenvalue weighted by Gasteiger charge is -2.42. The van der Waals surface area contributed by atoms with Gasteiger partial charge in [-0.2, -0.15) is 5.10 Å². The van der Waals surface area contributed by atoms with Crippen LogP contribution < -0.4 is 15.4 Å². The minimum Gasteiger partial charge on any atom is -0.456 e. The Kier molecular flexibility index (Phi) is 6.04. The highest BCUT2D eigenvalue weighted by Crippen LogP contribution is 2.59. The van der Waals surface area contributed by atoms with Gasteiger partial charge >= 0.3 is 0 Å². The van der Waals surface area contributed by atoms with Gasteiger partial charge in [0.1, 0.15) is 17.0 Å². The van der Waals surface area contributed by atoms with Crippen molar-refractivity contribution < 1.29 is 9.53 Å². The van der Waals surface area contributed by atoms with Crippen molar-refractivity contribution in [1.82, 2.24) is 9.99 Å². The molecule has 42 heavy (non-hydrogen) atoms. The van der Waals surface area contributed by atoms with Crippen LogP contribution >= 0.6 is 0 Å². The molecule has 0 saturated carbocycles. The summed E-state index contributed by atoms with van der Waals surface area (Å²) in [4.78, 5) is 17.7. The first kappa shape index (κ1) is 25.9. The molecule has 0 unspecified atom stereocenters. The van der Waals surface area contributed by atoms with E-state index in [4.69, 9.17) is 9.84 Å². The van der Waals surface area contributed by atoms with E-state index < -0.39 is 5.54 Å². The number of aryl methyl sites for hydroxylation is 2. The van der Waals surface area contributed by atoms with Crippen LogP contribution in [0, 0.1) is 13.8 Å². The largest absolute Gasteiger partial charge is 0.456 e. The van der Waals surface area contributed by atoms with E-state index in [9.17, 15) is 4.79 Å². The fraction of sp³-hybridized carbons (Fsp3) is 0.200. The first-order chi connectivity index (χ1) is 20.5. The number of carbonyl (C=O) groups is 1. The lowest BCUT2D eigenvalue weighted by molar-refractivity contribution is 0.0675. The molecule has 7 nitrogen and oxygen atoms in total. The molecular formula is C35H33N5O2. The standard InChI is InChI=1S/C35H33N5O2/c1-5-36-30-17-32-27(15-21(30)3)35(28-16-22(4)31(37-6-2)18-33(28)42-32)26-13-9-7-12-25(26)34(41)40(35)39-20-23-19-38-29-14-10-8-11-24(23)29/h7-20,36-38H,5-6H2,1-4H3/b39-20+. The van der Waals surface area contributed by atoms with Crippen molar-refractivity contribution in [3.63, 3.8) is 0 Å². The number of benzene rings is 4. The number of aromatic amines is 1. The molecule has 1 spiro atoms. The number of ether oxygens (including phenoxy) is 1. The maximum Gasteiger partial charge on any atom is 0.275 e. The summed E-state index contributed by atoms with van der Waals surface area (Å²) < 4.78 is 6.68. The molecule has 2 aliphatic rings. The van der Waals surface area contributed by atoms with Gasteiger partial charge in [0.25, 0.3) is 5.91 Å². The quantitative estimate of drug-likeness (QED) is 0.189. The van der Waals surface area contributed by atoms with Gasteiger partial charge < -0.3 is 20.4 Å². The molecule has 0 bridgehead atoms. The summed E-state index contributed by atoms with van der Waals surface area (Å²) in [7, 11) is 0. The van der Waals surface area contributed by atoms with Gasteiger partial charge in [-0.3, -0.25) is 4.79 Å². The van der Waals surface area contributed by atoms with E-state index in [1.807, 2.05) is 42.6 Å². The molecule has 4 aromatic carbocycles. The normalized spacial score (nSPS) is 14.7. The smallest absolute Gasteiger partial charge is 0.275 e. The minimum absolute atomic E-state index is 0.151. The van der Waals surface area contributed by atoms with Crippen LogP contribution in [0.3, 0.4) is 0 Å². The molecule has 210 valence electrons. The average molecular weight is 556 g/mol. The van der Waals surface area contributed by atoms with Crippen molar-refractivity contribution in [2.24, 2.45) is 5.10 Å². The molecule has 5 aromatic rings. The number of nitrogens with one attached hydrogen (secondary N) is 3. The predicted octanol–water partition coefficient (Wildman–Crippen LogP) is 7.54. The summed E-state index contributed by atoms with van der Waals surface area (Å²) >= 11 is 0. The molecule has 1 aromatic heterocycles. The number of aromatic nitrogens is 1. The number of carbonyl (C=O) groups excluding carboxylic acids is 1. The second kappa shape index (κ2) is 9.80. The van der Waals surface area contributed by atoms with Crippen LogP contribution in [0.25, 0.3) is 10.9 Å². The van der Waals surface area contributed by atoms with Gasteiger partial charge in [0.15, 0.2) is 0 Å². The SMILES string of the molecule is CCNc1cc2c(cc1C)C1(c3cc(C)c(NCC)cc3O2)c2ccccc2C(=O)N1/N=C/c1c[nH]c2ccccc12. The van der Waals surface area contributed by atoms with E-state index in [0.29, 0.717) is 17.1 Å². The van der Waals surface area contributed by atoms with E-state index >= 15 is 0 Å². The predicted molar refractivity (Wildman–Crippen MR) is 169 cm³/mol. The van der Waals surface area contributed by atoms with Gasteiger partial charge in [-0.25, -0.2) is 5.01 Å². The average Bonchev–Trinajstić information content (AvgIpc) is 3.51. The van der Waals surface area contributed by atoms with Gasteiger partial charge in [0.2, 0.25) is 0 Å². The van der Waals surface area contributed by atoms with Crippen LogP contribution in [-0.2, 0) is 5.54 Å². The van der Waals surface area contributed by atoms with Crippen molar-refractivity contribution in [3.05, 3.63) is 118 Å². The number of hydrogen-bond acceptors (Lipinski definition) is 5. The summed E-state index contributed by atoms with van der Waals surface area (Å²) in [6.07, 6.45) is 3.72. The van der Waals surface area contributed by atoms with Crippen molar-refractivity contribution in [2.75, 3.05) is 23.7 Å². The van der Waals surface area contributed by atoms with Crippen molar-refractivity contribution in [2.45, 2.75) is 33.2 Å². The number of amides is 1. The Bertz CT molecular complexity index is 1840. The molecule has 1 amide bonds. The number of fused-ring (bicyclic) bond motifs is 7. The highest BCUT2D eigenvalue weighted by molar-refractivity contribution is 6.04. The molecule has 0 saturated heterocycles. The van der Waals surface area contributed by atoms with Gasteiger partial charge in [0, 0.05) is 81.5 Å². The van der Waals surface area contributed by atoms with Crippen LogP contribution in [0.15, 0.2) is 84.1 Å². The zero-order valence-corrected chi connectivity index (χ0v) is 24.2. The molecule has 3 heterocycles. The van der Waals surface area contributed by atoms with Crippen LogP contribution in [0.4, 0.5) is 11.4 Å². The summed E-state index contributed by atoms with van der Waals surface area (Å²) in [6.45, 7) is 9.90. The van der Waals surface area contributed by atoms with E-state index in [0.717, 1.165) is 68.7 Å². The Balaban J connectivity index is 1.53. The van der Waals surface area contributed by atoms with Gasteiger partial charge in [0.05, 0.1) is 6.21 Å². The molecule has 2 aliphatic heterocycles. The minimum atomic E-state index is -1.02. The van der Waals surface area contributed by atoms with Crippen LogP contribution in [-0.4, -0.2) is 35.2 Å². The summed E-state index contributed by atoms with van der Waals surface area (Å²) in [5.41, 5.74) is 8.35. The van der Waals surface area contributed by atoms with Crippen LogP contribution in [0.1, 0.15) is 57.6 Å². The number of H-pyrrole nitrogens is 1. The first-order valence-electron chi connectivity index (χ1n) is 14.5. The highest BCUT2D eigenvalue weighted by Gasteiger charge is 2.57. The Morgan fingerprint density at radius 3 is 2.14 bits per heavy atom. The van der Waals surface area contributed by atoms with E-state index in [2.05, 4.69) is 79.7 Å². The number of hydrazone groups is 1. The third kappa shape index (κ3) is 3.66. The number of anilines is 2. The van der Waals surface area contributed by atoms with E-state index in [1.54, 1.807) is 11.2 Å². The molecule has 3 N–H and O–H groups in total. The van der Waals surface area contributed by atoms with E-state index in [-0.39, 0.29) is 5.91 Å². The number of para-hydroxylation sites is 1. The first-order valence-corrected chi connectivity index (χ1v) is 14.5. The fourth-order valence-electron chi connectivity index (χ4n) is 6.48. The highest BCUT2D eigenvalue weighted by atomic mass is 16.5. The second-order valence-electron chi connectivity index (χ2n) is 10.9. The molecule has 7 rings (SSSR count). The zero-order valence-electron chi connectivity index (χ0n) is 24.2. The molecule has 0 radical (unpaired) electrons. The monoisotopic (exact) mass is 555 g/mol. The summed E-state index contributed by atoms with van der Waals surface area (Å²) in [5.74, 6) is 1.25. The Labute approximate surface area is 245 Å². The second-order valence-corrected chi connectivity index (χ2v) is 10.9. The Morgan fingerprint density at radius 1 is 0.857 bits per heavy atom. The Morgan fingerprint density at radius 2 is 1.48 bits per heavy atom. The number of hydrogen-bond donors (Lipinski definition) is 3. The van der Waals surface area contributed by atoms with E-state index in [1.165, 1.54) is 0 Å². The molecular weight excluding hydrogens is 522 g/mol. The third-order valence-corrected chi connectivity index (χ3v) is 8.38. The van der Waals surface area contributed by atoms with Crippen molar-refractivity contribution in [1.29, 1.82) is 0 Å². The van der Waals surface area contributed by atoms with Crippen molar-refractivity contribution in [3.8, 4) is 11.5 Å². The molecule has 0 atom stereocenters. The summed E-state index contributed by atoms with van der Waals surface area (Å²) in [6, 6.07) is 24.4. The van der Waals surface area contributed by atoms with Crippen molar-refractivity contribution >= 4 is 34.4 Å². The van der Waals surface area contributed by atoms with Gasteiger partial charge in [-0.15, -0.1) is 0 Å². The molecule has 7 heteroatoms. The molecule has 0 aliphatic carbocycles. The van der Waals surface area contributed by atoms with Gasteiger partial charge in [-0.05, 0) is 63.1 Å². The molecule has 0 fully saturated rings.